The summed E-state index contributed by atoms with van der Waals surface area (Å²) in [7, 11) is 0. The van der Waals surface area contributed by atoms with E-state index in [0.29, 0.717) is 4.47 Å². The van der Waals surface area contributed by atoms with E-state index in [1.54, 1.807) is 0 Å². The summed E-state index contributed by atoms with van der Waals surface area (Å²) in [6.45, 7) is -0.115. The Labute approximate surface area is 111 Å². The fraction of sp³-hybridized carbons (Fsp3) is 0.333. The first-order chi connectivity index (χ1) is 7.95. The molecule has 0 bridgehead atoms. The molecule has 0 saturated carbocycles. The van der Waals surface area contributed by atoms with E-state index in [9.17, 15) is 15.2 Å². The molecular weight excluding hydrogens is 315 g/mol. The van der Waals surface area contributed by atoms with Crippen LogP contribution in [0.25, 0.3) is 0 Å². The van der Waals surface area contributed by atoms with Crippen LogP contribution < -0.4 is 10.5 Å². The maximum absolute atomic E-state index is 10.8. The summed E-state index contributed by atoms with van der Waals surface area (Å²) in [5.74, 6) is 0.0203. The number of aliphatic hydroxyl groups is 1. The second-order valence-electron chi connectivity index (χ2n) is 3.19. The zero-order chi connectivity index (χ0) is 13.0. The molecule has 8 heteroatoms. The average molecular weight is 326 g/mol. The lowest BCUT2D eigenvalue weighted by atomic mass is 10.3. The molecule has 1 rings (SSSR count). The molecule has 0 saturated heterocycles. The van der Waals surface area contributed by atoms with E-state index in [-0.39, 0.29) is 29.6 Å². The van der Waals surface area contributed by atoms with Crippen molar-refractivity contribution in [1.29, 1.82) is 0 Å². The Morgan fingerprint density at radius 2 is 2.29 bits per heavy atom. The largest absolute Gasteiger partial charge is 0.483 e. The standard InChI is InChI=1S/C9H10BrClN2O4/c10-7-1-5(11)2-8(13(15)16)9(7)17-4-6(14)3-12/h1-2,6,14H,3-4,12H2. The molecule has 6 nitrogen and oxygen atoms in total. The second kappa shape index (κ2) is 6.15. The molecule has 94 valence electrons. The zero-order valence-corrected chi connectivity index (χ0v) is 10.9. The van der Waals surface area contributed by atoms with Gasteiger partial charge in [-0.1, -0.05) is 11.6 Å². The van der Waals surface area contributed by atoms with Crippen LogP contribution >= 0.6 is 27.5 Å². The lowest BCUT2D eigenvalue weighted by Crippen LogP contribution is -2.26. The zero-order valence-electron chi connectivity index (χ0n) is 8.60. The first-order valence-electron chi connectivity index (χ1n) is 4.60. The van der Waals surface area contributed by atoms with Crippen LogP contribution in [0.15, 0.2) is 16.6 Å². The van der Waals surface area contributed by atoms with E-state index in [4.69, 9.17) is 22.1 Å². The maximum atomic E-state index is 10.8. The molecule has 17 heavy (non-hydrogen) atoms. The number of hydrogen-bond donors (Lipinski definition) is 2. The van der Waals surface area contributed by atoms with Gasteiger partial charge in [0.1, 0.15) is 12.7 Å². The number of halogens is 2. The fourth-order valence-corrected chi connectivity index (χ4v) is 1.98. The number of benzene rings is 1. The molecule has 0 fully saturated rings. The van der Waals surface area contributed by atoms with Gasteiger partial charge in [0.05, 0.1) is 9.40 Å². The third-order valence-corrected chi connectivity index (χ3v) is 2.68. The molecule has 0 spiro atoms. The Morgan fingerprint density at radius 1 is 1.65 bits per heavy atom. The smallest absolute Gasteiger partial charge is 0.313 e. The summed E-state index contributed by atoms with van der Waals surface area (Å²) >= 11 is 8.81. The highest BCUT2D eigenvalue weighted by atomic mass is 79.9. The van der Waals surface area contributed by atoms with Crippen LogP contribution in [0.5, 0.6) is 5.75 Å². The number of nitro groups is 1. The van der Waals surface area contributed by atoms with Crippen LogP contribution in [0.4, 0.5) is 5.69 Å². The van der Waals surface area contributed by atoms with Gasteiger partial charge in [-0.2, -0.15) is 0 Å². The predicted molar refractivity (Wildman–Crippen MR) is 66.4 cm³/mol. The summed E-state index contributed by atoms with van der Waals surface area (Å²) < 4.78 is 5.51. The minimum atomic E-state index is -0.878. The molecule has 1 aromatic carbocycles. The average Bonchev–Trinajstić information content (AvgIpc) is 2.26. The van der Waals surface area contributed by atoms with Gasteiger partial charge < -0.3 is 15.6 Å². The monoisotopic (exact) mass is 324 g/mol. The van der Waals surface area contributed by atoms with Crippen molar-refractivity contribution in [3.8, 4) is 5.75 Å². The lowest BCUT2D eigenvalue weighted by Gasteiger charge is -2.11. The molecule has 3 N–H and O–H groups in total. The summed E-state index contributed by atoms with van der Waals surface area (Å²) in [6.07, 6.45) is -0.878. The highest BCUT2D eigenvalue weighted by molar-refractivity contribution is 9.10. The van der Waals surface area contributed by atoms with Crippen molar-refractivity contribution in [2.24, 2.45) is 5.73 Å². The van der Waals surface area contributed by atoms with Crippen molar-refractivity contribution in [1.82, 2.24) is 0 Å². The Bertz CT molecular complexity index is 430. The van der Waals surface area contributed by atoms with Crippen molar-refractivity contribution in [3.63, 3.8) is 0 Å². The summed E-state index contributed by atoms with van der Waals surface area (Å²) in [5.41, 5.74) is 4.93. The van der Waals surface area contributed by atoms with E-state index >= 15 is 0 Å². The molecular formula is C9H10BrClN2O4. The van der Waals surface area contributed by atoms with Crippen LogP contribution in [-0.4, -0.2) is 29.3 Å². The van der Waals surface area contributed by atoms with Crippen molar-refractivity contribution < 1.29 is 14.8 Å². The molecule has 0 amide bonds. The van der Waals surface area contributed by atoms with Crippen LogP contribution in [-0.2, 0) is 0 Å². The van der Waals surface area contributed by atoms with Crippen LogP contribution in [0.1, 0.15) is 0 Å². The van der Waals surface area contributed by atoms with Gasteiger partial charge in [0.25, 0.3) is 0 Å². The Morgan fingerprint density at radius 3 is 2.82 bits per heavy atom. The Kier molecular flexibility index (Phi) is 5.13. The van der Waals surface area contributed by atoms with Gasteiger partial charge in [-0.15, -0.1) is 0 Å². The van der Waals surface area contributed by atoms with E-state index in [1.807, 2.05) is 0 Å². The molecule has 0 radical (unpaired) electrons. The number of aliphatic hydroxyl groups excluding tert-OH is 1. The first-order valence-corrected chi connectivity index (χ1v) is 5.77. The van der Waals surface area contributed by atoms with Gasteiger partial charge >= 0.3 is 5.69 Å². The highest BCUT2D eigenvalue weighted by Crippen LogP contribution is 2.37. The number of ether oxygens (including phenoxy) is 1. The number of hydrogen-bond acceptors (Lipinski definition) is 5. The molecule has 0 heterocycles. The van der Waals surface area contributed by atoms with Gasteiger partial charge in [-0.05, 0) is 22.0 Å². The third kappa shape index (κ3) is 3.81. The third-order valence-electron chi connectivity index (χ3n) is 1.88. The van der Waals surface area contributed by atoms with Crippen LogP contribution in [0, 0.1) is 10.1 Å². The van der Waals surface area contributed by atoms with Crippen LogP contribution in [0.3, 0.4) is 0 Å². The quantitative estimate of drug-likeness (QED) is 0.634. The van der Waals surface area contributed by atoms with E-state index in [1.165, 1.54) is 12.1 Å². The van der Waals surface area contributed by atoms with Gasteiger partial charge in [0.2, 0.25) is 5.75 Å². The number of nitro benzene ring substituents is 1. The van der Waals surface area contributed by atoms with Crippen molar-refractivity contribution >= 4 is 33.2 Å². The lowest BCUT2D eigenvalue weighted by molar-refractivity contribution is -0.386. The molecule has 1 unspecified atom stereocenters. The first kappa shape index (κ1) is 14.2. The minimum Gasteiger partial charge on any atom is -0.483 e. The summed E-state index contributed by atoms with van der Waals surface area (Å²) in [4.78, 5) is 10.2. The normalized spacial score (nSPS) is 12.2. The van der Waals surface area contributed by atoms with E-state index in [2.05, 4.69) is 15.9 Å². The van der Waals surface area contributed by atoms with Gasteiger partial charge in [-0.25, -0.2) is 0 Å². The summed E-state index contributed by atoms with van der Waals surface area (Å²) in [6, 6.07) is 2.65. The van der Waals surface area contributed by atoms with Gasteiger partial charge in [-0.3, -0.25) is 10.1 Å². The summed E-state index contributed by atoms with van der Waals surface area (Å²) in [5, 5.41) is 20.3. The molecule has 1 aromatic rings. The highest BCUT2D eigenvalue weighted by Gasteiger charge is 2.20. The Hall–Kier alpha value is -0.890. The second-order valence-corrected chi connectivity index (χ2v) is 4.48. The van der Waals surface area contributed by atoms with Gasteiger partial charge in [0, 0.05) is 17.6 Å². The SMILES string of the molecule is NCC(O)COc1c(Br)cc(Cl)cc1[N+](=O)[O-]. The molecule has 0 aromatic heterocycles. The van der Waals surface area contributed by atoms with Crippen molar-refractivity contribution in [2.75, 3.05) is 13.2 Å². The molecule has 0 aliphatic heterocycles. The van der Waals surface area contributed by atoms with E-state index in [0.717, 1.165) is 0 Å². The van der Waals surface area contributed by atoms with Crippen molar-refractivity contribution in [3.05, 3.63) is 31.7 Å². The Balaban J connectivity index is 3.00. The molecule has 0 aliphatic rings. The molecule has 0 aliphatic carbocycles. The number of nitrogens with zero attached hydrogens (tertiary/aromatic N) is 1. The van der Waals surface area contributed by atoms with Gasteiger partial charge in [0.15, 0.2) is 0 Å². The maximum Gasteiger partial charge on any atom is 0.313 e. The van der Waals surface area contributed by atoms with E-state index < -0.39 is 11.0 Å². The molecule has 1 atom stereocenters. The number of nitrogens with two attached hydrogens (primary N) is 1. The predicted octanol–water partition coefficient (Wildman–Crippen LogP) is 1.71. The number of rotatable bonds is 5. The van der Waals surface area contributed by atoms with Crippen molar-refractivity contribution in [2.45, 2.75) is 6.10 Å². The topological polar surface area (TPSA) is 98.6 Å². The minimum absolute atomic E-state index is 0.0129. The fourth-order valence-electron chi connectivity index (χ4n) is 1.07. The van der Waals surface area contributed by atoms with Crippen LogP contribution in [0.2, 0.25) is 5.02 Å².